The van der Waals surface area contributed by atoms with Crippen LogP contribution in [0, 0.1) is 0 Å². The number of rotatable bonds is 3. The lowest BCUT2D eigenvalue weighted by atomic mass is 10.1. The molecule has 96 valence electrons. The molecule has 0 spiro atoms. The Hall–Kier alpha value is -1.10. The normalized spacial score (nSPS) is 25.8. The minimum atomic E-state index is 0.111. The number of hydrogen-bond acceptors (Lipinski definition) is 3. The van der Waals surface area contributed by atoms with Crippen molar-refractivity contribution >= 4 is 12.3 Å². The van der Waals surface area contributed by atoms with Crippen LogP contribution in [0.2, 0.25) is 0 Å². The minimum absolute atomic E-state index is 0.111. The monoisotopic (exact) mass is 240 g/mol. The minimum Gasteiger partial charge on any atom is -0.378 e. The molecule has 2 heterocycles. The molecular weight excluding hydrogens is 220 g/mol. The summed E-state index contributed by atoms with van der Waals surface area (Å²) in [6, 6.07) is 0. The van der Waals surface area contributed by atoms with Crippen LogP contribution in [0.3, 0.4) is 0 Å². The quantitative estimate of drug-likeness (QED) is 0.664. The molecule has 2 aliphatic rings. The number of piperazine rings is 1. The molecule has 0 aromatic rings. The molecule has 1 unspecified atom stereocenters. The average Bonchev–Trinajstić information content (AvgIpc) is 2.40. The standard InChI is InChI=1S/C12H20N2O3/c15-10-13-4-6-14(7-5-13)12(16)9-11-3-1-2-8-17-11/h10-11H,1-9H2. The molecule has 1 atom stereocenters. The van der Waals surface area contributed by atoms with E-state index in [-0.39, 0.29) is 12.0 Å². The maximum atomic E-state index is 12.0. The Balaban J connectivity index is 1.74. The van der Waals surface area contributed by atoms with Crippen molar-refractivity contribution in [3.63, 3.8) is 0 Å². The topological polar surface area (TPSA) is 49.9 Å². The van der Waals surface area contributed by atoms with Crippen molar-refractivity contribution < 1.29 is 14.3 Å². The van der Waals surface area contributed by atoms with Crippen LogP contribution in [0.15, 0.2) is 0 Å². The Kier molecular flexibility index (Phi) is 4.36. The molecule has 2 saturated heterocycles. The van der Waals surface area contributed by atoms with E-state index in [4.69, 9.17) is 4.74 Å². The van der Waals surface area contributed by atoms with E-state index < -0.39 is 0 Å². The summed E-state index contributed by atoms with van der Waals surface area (Å²) in [6.45, 7) is 3.41. The lowest BCUT2D eigenvalue weighted by Gasteiger charge is -2.33. The molecule has 0 radical (unpaired) electrons. The van der Waals surface area contributed by atoms with Crippen molar-refractivity contribution in [2.75, 3.05) is 32.8 Å². The van der Waals surface area contributed by atoms with E-state index in [0.29, 0.717) is 32.6 Å². The van der Waals surface area contributed by atoms with E-state index in [1.165, 1.54) is 0 Å². The second-order valence-corrected chi connectivity index (χ2v) is 4.71. The van der Waals surface area contributed by atoms with Crippen LogP contribution in [0.25, 0.3) is 0 Å². The molecule has 5 heteroatoms. The van der Waals surface area contributed by atoms with Gasteiger partial charge in [-0.05, 0) is 19.3 Å². The zero-order valence-corrected chi connectivity index (χ0v) is 10.1. The van der Waals surface area contributed by atoms with Gasteiger partial charge in [-0.25, -0.2) is 0 Å². The molecule has 2 rings (SSSR count). The van der Waals surface area contributed by atoms with E-state index in [9.17, 15) is 9.59 Å². The van der Waals surface area contributed by atoms with Gasteiger partial charge in [0.1, 0.15) is 0 Å². The Bertz CT molecular complexity index is 269. The summed E-state index contributed by atoms with van der Waals surface area (Å²) in [6.07, 6.45) is 4.74. The van der Waals surface area contributed by atoms with E-state index in [0.717, 1.165) is 32.3 Å². The van der Waals surface area contributed by atoms with Gasteiger partial charge < -0.3 is 14.5 Å². The summed E-state index contributed by atoms with van der Waals surface area (Å²) in [5, 5.41) is 0. The van der Waals surface area contributed by atoms with Gasteiger partial charge in [0.2, 0.25) is 12.3 Å². The molecule has 0 aromatic heterocycles. The first-order valence-corrected chi connectivity index (χ1v) is 6.38. The molecule has 0 aromatic carbocycles. The predicted molar refractivity (Wildman–Crippen MR) is 62.4 cm³/mol. The van der Waals surface area contributed by atoms with E-state index in [1.54, 1.807) is 4.90 Å². The smallest absolute Gasteiger partial charge is 0.225 e. The Morgan fingerprint density at radius 2 is 2.00 bits per heavy atom. The SMILES string of the molecule is O=CN1CCN(C(=O)CC2CCCCO2)CC1. The first-order valence-electron chi connectivity index (χ1n) is 6.38. The lowest BCUT2D eigenvalue weighted by Crippen LogP contribution is -2.48. The Morgan fingerprint density at radius 3 is 2.59 bits per heavy atom. The van der Waals surface area contributed by atoms with Gasteiger partial charge in [0.05, 0.1) is 12.5 Å². The van der Waals surface area contributed by atoms with Crippen LogP contribution in [-0.4, -0.2) is 61.0 Å². The van der Waals surface area contributed by atoms with Crippen molar-refractivity contribution in [3.05, 3.63) is 0 Å². The summed E-state index contributed by atoms with van der Waals surface area (Å²) in [5.41, 5.74) is 0. The van der Waals surface area contributed by atoms with Gasteiger partial charge in [0.15, 0.2) is 0 Å². The van der Waals surface area contributed by atoms with Crippen LogP contribution in [-0.2, 0) is 14.3 Å². The van der Waals surface area contributed by atoms with Gasteiger partial charge in [-0.15, -0.1) is 0 Å². The predicted octanol–water partition coefficient (Wildman–Crippen LogP) is 0.246. The lowest BCUT2D eigenvalue weighted by molar-refractivity contribution is -0.138. The molecule has 17 heavy (non-hydrogen) atoms. The molecule has 0 bridgehead atoms. The average molecular weight is 240 g/mol. The highest BCUT2D eigenvalue weighted by molar-refractivity contribution is 5.77. The van der Waals surface area contributed by atoms with Crippen molar-refractivity contribution in [2.24, 2.45) is 0 Å². The van der Waals surface area contributed by atoms with Crippen LogP contribution in [0.1, 0.15) is 25.7 Å². The molecular formula is C12H20N2O3. The maximum Gasteiger partial charge on any atom is 0.225 e. The maximum absolute atomic E-state index is 12.0. The van der Waals surface area contributed by atoms with E-state index in [1.807, 2.05) is 4.90 Å². The highest BCUT2D eigenvalue weighted by Crippen LogP contribution is 2.17. The summed E-state index contributed by atoms with van der Waals surface area (Å²) >= 11 is 0. The van der Waals surface area contributed by atoms with Crippen LogP contribution < -0.4 is 0 Å². The fourth-order valence-corrected chi connectivity index (χ4v) is 2.37. The van der Waals surface area contributed by atoms with Crippen LogP contribution in [0.4, 0.5) is 0 Å². The molecule has 0 saturated carbocycles. The van der Waals surface area contributed by atoms with Gasteiger partial charge in [-0.2, -0.15) is 0 Å². The first-order chi connectivity index (χ1) is 8.29. The molecule has 2 fully saturated rings. The van der Waals surface area contributed by atoms with Crippen LogP contribution in [0.5, 0.6) is 0 Å². The van der Waals surface area contributed by atoms with Gasteiger partial charge in [-0.1, -0.05) is 0 Å². The molecule has 0 N–H and O–H groups in total. The highest BCUT2D eigenvalue weighted by atomic mass is 16.5. The molecule has 0 aliphatic carbocycles. The fraction of sp³-hybridized carbons (Fsp3) is 0.833. The van der Waals surface area contributed by atoms with Gasteiger partial charge in [0, 0.05) is 32.8 Å². The first kappa shape index (κ1) is 12.4. The third-order valence-corrected chi connectivity index (χ3v) is 3.49. The van der Waals surface area contributed by atoms with Crippen LogP contribution >= 0.6 is 0 Å². The zero-order chi connectivity index (χ0) is 12.1. The van der Waals surface area contributed by atoms with Gasteiger partial charge in [0.25, 0.3) is 0 Å². The Labute approximate surface area is 102 Å². The summed E-state index contributed by atoms with van der Waals surface area (Å²) in [5.74, 6) is 0.169. The van der Waals surface area contributed by atoms with Crippen molar-refractivity contribution in [1.82, 2.24) is 9.80 Å². The summed E-state index contributed by atoms with van der Waals surface area (Å²) in [7, 11) is 0. The van der Waals surface area contributed by atoms with Crippen molar-refractivity contribution in [3.8, 4) is 0 Å². The molecule has 5 nitrogen and oxygen atoms in total. The van der Waals surface area contributed by atoms with Crippen molar-refractivity contribution in [1.29, 1.82) is 0 Å². The fourth-order valence-electron chi connectivity index (χ4n) is 2.37. The number of amides is 2. The number of ether oxygens (including phenoxy) is 1. The highest BCUT2D eigenvalue weighted by Gasteiger charge is 2.24. The number of carbonyl (C=O) groups is 2. The second kappa shape index (κ2) is 6.00. The van der Waals surface area contributed by atoms with E-state index >= 15 is 0 Å². The zero-order valence-electron chi connectivity index (χ0n) is 10.1. The summed E-state index contributed by atoms with van der Waals surface area (Å²) in [4.78, 5) is 26.1. The summed E-state index contributed by atoms with van der Waals surface area (Å²) < 4.78 is 5.57. The van der Waals surface area contributed by atoms with Gasteiger partial charge >= 0.3 is 0 Å². The largest absolute Gasteiger partial charge is 0.378 e. The third kappa shape index (κ3) is 3.43. The molecule has 2 amide bonds. The van der Waals surface area contributed by atoms with Crippen molar-refractivity contribution in [2.45, 2.75) is 31.8 Å². The number of carbonyl (C=O) groups excluding carboxylic acids is 2. The van der Waals surface area contributed by atoms with Gasteiger partial charge in [-0.3, -0.25) is 9.59 Å². The van der Waals surface area contributed by atoms with E-state index in [2.05, 4.69) is 0 Å². The molecule has 2 aliphatic heterocycles. The third-order valence-electron chi connectivity index (χ3n) is 3.49. The Morgan fingerprint density at radius 1 is 1.24 bits per heavy atom. The number of nitrogens with zero attached hydrogens (tertiary/aromatic N) is 2. The second-order valence-electron chi connectivity index (χ2n) is 4.71. The number of hydrogen-bond donors (Lipinski definition) is 0.